The lowest BCUT2D eigenvalue weighted by molar-refractivity contribution is 0.317. The third kappa shape index (κ3) is 3.32. The molecule has 2 aromatic carbocycles. The molecule has 7 nitrogen and oxygen atoms in total. The number of ether oxygens (including phenoxy) is 1. The molecule has 4 aromatic rings. The first-order valence-corrected chi connectivity index (χ1v) is 9.06. The van der Waals surface area contributed by atoms with Gasteiger partial charge in [0.15, 0.2) is 0 Å². The molecule has 0 aliphatic carbocycles. The van der Waals surface area contributed by atoms with Crippen LogP contribution in [0.25, 0.3) is 33.7 Å². The fraction of sp³-hybridized carbons (Fsp3) is 0.150. The van der Waals surface area contributed by atoms with Crippen LogP contribution in [0.2, 0.25) is 5.02 Å². The molecule has 0 bridgehead atoms. The number of nitrogens with zero attached hydrogens (tertiary/aromatic N) is 2. The first-order valence-electron chi connectivity index (χ1n) is 8.68. The Bertz CT molecular complexity index is 1200. The summed E-state index contributed by atoms with van der Waals surface area (Å²) in [4.78, 5) is 19.4. The molecule has 0 saturated heterocycles. The number of halogens is 1. The lowest BCUT2D eigenvalue weighted by atomic mass is 10.1. The number of aromatic hydroxyl groups is 1. The van der Waals surface area contributed by atoms with Gasteiger partial charge in [-0.2, -0.15) is 4.98 Å². The maximum Gasteiger partial charge on any atom is 0.267 e. The van der Waals surface area contributed by atoms with Crippen molar-refractivity contribution in [2.45, 2.75) is 13.3 Å². The molecular formula is C20H16ClN3O4. The highest BCUT2D eigenvalue weighted by Crippen LogP contribution is 2.33. The van der Waals surface area contributed by atoms with Gasteiger partial charge < -0.3 is 19.4 Å². The molecule has 0 aliphatic heterocycles. The summed E-state index contributed by atoms with van der Waals surface area (Å²) in [6.07, 6.45) is 0.922. The second-order valence-corrected chi connectivity index (χ2v) is 6.60. The van der Waals surface area contributed by atoms with Crippen LogP contribution in [0.3, 0.4) is 0 Å². The molecule has 28 heavy (non-hydrogen) atoms. The van der Waals surface area contributed by atoms with Crippen LogP contribution in [0.15, 0.2) is 51.8 Å². The lowest BCUT2D eigenvalue weighted by Crippen LogP contribution is -2.09. The molecule has 0 radical (unpaired) electrons. The minimum atomic E-state index is -0.536. The minimum absolute atomic E-state index is 0.0815. The van der Waals surface area contributed by atoms with Crippen molar-refractivity contribution >= 4 is 22.5 Å². The van der Waals surface area contributed by atoms with Gasteiger partial charge in [0.25, 0.3) is 11.4 Å². The molecule has 8 heteroatoms. The number of H-pyrrole nitrogens is 1. The van der Waals surface area contributed by atoms with E-state index in [9.17, 15) is 9.90 Å². The predicted octanol–water partition coefficient (Wildman–Crippen LogP) is 4.39. The summed E-state index contributed by atoms with van der Waals surface area (Å²) in [5, 5.41) is 15.3. The van der Waals surface area contributed by atoms with Crippen molar-refractivity contribution in [3.8, 4) is 34.3 Å². The number of rotatable bonds is 5. The molecule has 0 saturated carbocycles. The maximum absolute atomic E-state index is 12.4. The highest BCUT2D eigenvalue weighted by Gasteiger charge is 2.20. The number of aromatic nitrogens is 3. The molecular weight excluding hydrogens is 382 g/mol. The summed E-state index contributed by atoms with van der Waals surface area (Å²) in [6.45, 7) is 2.67. The van der Waals surface area contributed by atoms with Crippen molar-refractivity contribution in [3.63, 3.8) is 0 Å². The fourth-order valence-corrected chi connectivity index (χ4v) is 2.98. The molecule has 0 aliphatic rings. The molecule has 4 rings (SSSR count). The Morgan fingerprint density at radius 3 is 2.75 bits per heavy atom. The Hall–Kier alpha value is -3.32. The van der Waals surface area contributed by atoms with Crippen molar-refractivity contribution in [1.82, 2.24) is 15.1 Å². The van der Waals surface area contributed by atoms with Gasteiger partial charge in [0.2, 0.25) is 5.82 Å². The molecule has 142 valence electrons. The number of fused-ring (bicyclic) bond motifs is 1. The third-order valence-electron chi connectivity index (χ3n) is 4.17. The zero-order valence-electron chi connectivity index (χ0n) is 14.9. The van der Waals surface area contributed by atoms with Crippen molar-refractivity contribution in [2.75, 3.05) is 6.61 Å². The normalized spacial score (nSPS) is 11.1. The van der Waals surface area contributed by atoms with Crippen molar-refractivity contribution < 1.29 is 14.4 Å². The monoisotopic (exact) mass is 397 g/mol. The van der Waals surface area contributed by atoms with E-state index in [0.717, 1.165) is 12.2 Å². The first-order chi connectivity index (χ1) is 13.6. The Morgan fingerprint density at radius 1 is 1.21 bits per heavy atom. The Kier molecular flexibility index (Phi) is 4.75. The molecule has 2 heterocycles. The van der Waals surface area contributed by atoms with E-state index in [0.29, 0.717) is 33.9 Å². The zero-order chi connectivity index (χ0) is 19.7. The van der Waals surface area contributed by atoms with Crippen molar-refractivity contribution in [1.29, 1.82) is 0 Å². The number of aromatic amines is 1. The SMILES string of the molecule is CCCOc1ccc(-c2noc(-c3c(O)c4cc(Cl)ccc4[nH]c3=O)n2)cc1. The van der Waals surface area contributed by atoms with Crippen LogP contribution in [-0.4, -0.2) is 26.8 Å². The molecule has 2 N–H and O–H groups in total. The van der Waals surface area contributed by atoms with Gasteiger partial charge >= 0.3 is 0 Å². The Balaban J connectivity index is 1.72. The second-order valence-electron chi connectivity index (χ2n) is 6.16. The average molecular weight is 398 g/mol. The molecule has 0 amide bonds. The van der Waals surface area contributed by atoms with E-state index in [1.165, 1.54) is 0 Å². The van der Waals surface area contributed by atoms with Crippen LogP contribution in [0.5, 0.6) is 11.5 Å². The summed E-state index contributed by atoms with van der Waals surface area (Å²) in [5.74, 6) is 0.693. The summed E-state index contributed by atoms with van der Waals surface area (Å²) in [5.41, 5.74) is 0.513. The van der Waals surface area contributed by atoms with E-state index in [4.69, 9.17) is 20.9 Å². The molecule has 0 fully saturated rings. The third-order valence-corrected chi connectivity index (χ3v) is 4.41. The van der Waals surface area contributed by atoms with Crippen molar-refractivity contribution in [3.05, 3.63) is 57.8 Å². The van der Waals surface area contributed by atoms with Crippen LogP contribution < -0.4 is 10.3 Å². The van der Waals surface area contributed by atoms with E-state index in [1.54, 1.807) is 30.3 Å². The molecule has 0 spiro atoms. The highest BCUT2D eigenvalue weighted by molar-refractivity contribution is 6.31. The van der Waals surface area contributed by atoms with E-state index in [1.807, 2.05) is 19.1 Å². The predicted molar refractivity (Wildman–Crippen MR) is 106 cm³/mol. The lowest BCUT2D eigenvalue weighted by Gasteiger charge is -2.05. The maximum atomic E-state index is 12.4. The number of nitrogens with one attached hydrogen (secondary N) is 1. The number of hydrogen-bond acceptors (Lipinski definition) is 6. The number of benzene rings is 2. The first kappa shape index (κ1) is 18.1. The minimum Gasteiger partial charge on any atom is -0.506 e. The molecule has 0 atom stereocenters. The van der Waals surface area contributed by atoms with Gasteiger partial charge in [0.1, 0.15) is 17.1 Å². The van der Waals surface area contributed by atoms with Gasteiger partial charge in [-0.05, 0) is 48.9 Å². The van der Waals surface area contributed by atoms with Crippen LogP contribution >= 0.6 is 11.6 Å². The van der Waals surface area contributed by atoms with Crippen LogP contribution in [-0.2, 0) is 0 Å². The molecule has 2 aromatic heterocycles. The molecule has 0 unspecified atom stereocenters. The van der Waals surface area contributed by atoms with Crippen LogP contribution in [0.1, 0.15) is 13.3 Å². The van der Waals surface area contributed by atoms with Gasteiger partial charge in [-0.15, -0.1) is 0 Å². The Morgan fingerprint density at radius 2 is 2.00 bits per heavy atom. The summed E-state index contributed by atoms with van der Waals surface area (Å²) in [7, 11) is 0. The average Bonchev–Trinajstić information content (AvgIpc) is 3.17. The summed E-state index contributed by atoms with van der Waals surface area (Å²) >= 11 is 5.99. The quantitative estimate of drug-likeness (QED) is 0.517. The van der Waals surface area contributed by atoms with Crippen LogP contribution in [0, 0.1) is 0 Å². The summed E-state index contributed by atoms with van der Waals surface area (Å²) < 4.78 is 10.8. The number of hydrogen-bond donors (Lipinski definition) is 2. The smallest absolute Gasteiger partial charge is 0.267 e. The van der Waals surface area contributed by atoms with Gasteiger partial charge in [-0.1, -0.05) is 23.7 Å². The summed E-state index contributed by atoms with van der Waals surface area (Å²) in [6, 6.07) is 12.0. The standard InChI is InChI=1S/C20H16ClN3O4/c1-2-9-27-13-6-3-11(4-7-13)18-23-20(28-24-18)16-17(25)14-10-12(21)5-8-15(14)22-19(16)26/h3-8,10H,2,9H2,1H3,(H2,22,25,26). The largest absolute Gasteiger partial charge is 0.506 e. The van der Waals surface area contributed by atoms with E-state index < -0.39 is 5.56 Å². The van der Waals surface area contributed by atoms with Gasteiger partial charge in [0.05, 0.1) is 12.1 Å². The fourth-order valence-electron chi connectivity index (χ4n) is 2.81. The highest BCUT2D eigenvalue weighted by atomic mass is 35.5. The van der Waals surface area contributed by atoms with E-state index in [2.05, 4.69) is 15.1 Å². The van der Waals surface area contributed by atoms with Gasteiger partial charge in [-0.3, -0.25) is 4.79 Å². The van der Waals surface area contributed by atoms with Gasteiger partial charge in [-0.25, -0.2) is 0 Å². The van der Waals surface area contributed by atoms with Gasteiger partial charge in [0, 0.05) is 16.0 Å². The Labute approximate surface area is 164 Å². The van der Waals surface area contributed by atoms with Crippen LogP contribution in [0.4, 0.5) is 0 Å². The van der Waals surface area contributed by atoms with Crippen molar-refractivity contribution in [2.24, 2.45) is 0 Å². The van der Waals surface area contributed by atoms with E-state index >= 15 is 0 Å². The topological polar surface area (TPSA) is 101 Å². The second kappa shape index (κ2) is 7.36. The van der Waals surface area contributed by atoms with E-state index in [-0.39, 0.29) is 17.2 Å². The number of pyridine rings is 1. The zero-order valence-corrected chi connectivity index (χ0v) is 15.7.